The van der Waals surface area contributed by atoms with Crippen molar-refractivity contribution in [2.24, 2.45) is 5.73 Å². The quantitative estimate of drug-likeness (QED) is 0.893. The van der Waals surface area contributed by atoms with Crippen LogP contribution < -0.4 is 5.73 Å². The molecule has 2 aromatic carbocycles. The summed E-state index contributed by atoms with van der Waals surface area (Å²) in [6, 6.07) is 11.4. The Morgan fingerprint density at radius 1 is 1.11 bits per heavy atom. The number of benzene rings is 2. The molecule has 0 radical (unpaired) electrons. The molecule has 0 bridgehead atoms. The van der Waals surface area contributed by atoms with Crippen LogP contribution in [0, 0.1) is 11.6 Å². The Morgan fingerprint density at radius 2 is 1.89 bits per heavy atom. The summed E-state index contributed by atoms with van der Waals surface area (Å²) in [5, 5.41) is 0. The number of halogens is 2. The van der Waals surface area contributed by atoms with Crippen LogP contribution in [0.3, 0.4) is 0 Å². The van der Waals surface area contributed by atoms with Gasteiger partial charge >= 0.3 is 0 Å². The van der Waals surface area contributed by atoms with E-state index in [4.69, 9.17) is 5.73 Å². The van der Waals surface area contributed by atoms with Gasteiger partial charge < -0.3 is 5.73 Å². The summed E-state index contributed by atoms with van der Waals surface area (Å²) < 4.78 is 26.7. The molecule has 3 heteroatoms. The first-order valence-corrected chi connectivity index (χ1v) is 6.33. The SMILES string of the molecule is CC(CN)c1cccc(Cc2cc(F)ccc2F)c1. The second-order valence-corrected chi connectivity index (χ2v) is 4.79. The Balaban J connectivity index is 2.26. The van der Waals surface area contributed by atoms with Gasteiger partial charge in [0.05, 0.1) is 0 Å². The van der Waals surface area contributed by atoms with E-state index < -0.39 is 5.82 Å². The lowest BCUT2D eigenvalue weighted by molar-refractivity contribution is 0.588. The summed E-state index contributed by atoms with van der Waals surface area (Å²) in [7, 11) is 0. The molecule has 0 saturated heterocycles. The highest BCUT2D eigenvalue weighted by Crippen LogP contribution is 2.19. The van der Waals surface area contributed by atoms with Crippen molar-refractivity contribution < 1.29 is 8.78 Å². The Bertz CT molecular complexity index is 566. The molecule has 0 aromatic heterocycles. The van der Waals surface area contributed by atoms with Crippen LogP contribution in [-0.4, -0.2) is 6.54 Å². The van der Waals surface area contributed by atoms with Gasteiger partial charge in [0.2, 0.25) is 0 Å². The van der Waals surface area contributed by atoms with Crippen LogP contribution in [0.1, 0.15) is 29.5 Å². The molecule has 2 rings (SSSR count). The molecule has 0 aliphatic heterocycles. The Morgan fingerprint density at radius 3 is 2.63 bits per heavy atom. The van der Waals surface area contributed by atoms with E-state index >= 15 is 0 Å². The predicted octanol–water partition coefficient (Wildman–Crippen LogP) is 3.62. The normalized spacial score (nSPS) is 12.4. The van der Waals surface area contributed by atoms with Crippen molar-refractivity contribution in [2.45, 2.75) is 19.3 Å². The molecule has 0 fully saturated rings. The zero-order chi connectivity index (χ0) is 13.8. The number of hydrogen-bond donors (Lipinski definition) is 1. The highest BCUT2D eigenvalue weighted by Gasteiger charge is 2.07. The molecular formula is C16H17F2N. The van der Waals surface area contributed by atoms with E-state index in [2.05, 4.69) is 0 Å². The van der Waals surface area contributed by atoms with Gasteiger partial charge in [-0.05, 0) is 47.4 Å². The standard InChI is InChI=1S/C16H17F2N/c1-11(10-19)13-4-2-3-12(7-13)8-14-9-15(17)5-6-16(14)18/h2-7,9,11H,8,10,19H2,1H3. The van der Waals surface area contributed by atoms with Gasteiger partial charge in [0.1, 0.15) is 11.6 Å². The molecule has 0 aliphatic rings. The summed E-state index contributed by atoms with van der Waals surface area (Å²) in [6.07, 6.45) is 0.384. The molecule has 100 valence electrons. The molecule has 1 unspecified atom stereocenters. The van der Waals surface area contributed by atoms with Gasteiger partial charge in [-0.2, -0.15) is 0 Å². The third-order valence-corrected chi connectivity index (χ3v) is 3.28. The smallest absolute Gasteiger partial charge is 0.126 e. The Labute approximate surface area is 112 Å². The van der Waals surface area contributed by atoms with Crippen molar-refractivity contribution in [3.63, 3.8) is 0 Å². The van der Waals surface area contributed by atoms with Crippen molar-refractivity contribution >= 4 is 0 Å². The first-order chi connectivity index (χ1) is 9.10. The van der Waals surface area contributed by atoms with E-state index in [-0.39, 0.29) is 11.7 Å². The first kappa shape index (κ1) is 13.7. The van der Waals surface area contributed by atoms with Gasteiger partial charge in [-0.25, -0.2) is 8.78 Å². The lowest BCUT2D eigenvalue weighted by Gasteiger charge is -2.11. The van der Waals surface area contributed by atoms with Crippen LogP contribution in [0.25, 0.3) is 0 Å². The van der Waals surface area contributed by atoms with Gasteiger partial charge in [-0.15, -0.1) is 0 Å². The molecule has 0 spiro atoms. The van der Waals surface area contributed by atoms with Crippen LogP contribution in [0.2, 0.25) is 0 Å². The number of rotatable bonds is 4. The van der Waals surface area contributed by atoms with E-state index in [1.54, 1.807) is 0 Å². The zero-order valence-electron chi connectivity index (χ0n) is 10.9. The highest BCUT2D eigenvalue weighted by atomic mass is 19.1. The van der Waals surface area contributed by atoms with Gasteiger partial charge in [0.25, 0.3) is 0 Å². The van der Waals surface area contributed by atoms with Gasteiger partial charge in [0, 0.05) is 6.42 Å². The van der Waals surface area contributed by atoms with E-state index in [1.807, 2.05) is 31.2 Å². The van der Waals surface area contributed by atoms with Crippen LogP contribution in [0.15, 0.2) is 42.5 Å². The molecule has 1 nitrogen and oxygen atoms in total. The second-order valence-electron chi connectivity index (χ2n) is 4.79. The molecule has 19 heavy (non-hydrogen) atoms. The summed E-state index contributed by atoms with van der Waals surface area (Å²) >= 11 is 0. The van der Waals surface area contributed by atoms with E-state index in [1.165, 1.54) is 6.07 Å². The molecule has 0 aliphatic carbocycles. The topological polar surface area (TPSA) is 26.0 Å². The third-order valence-electron chi connectivity index (χ3n) is 3.28. The maximum absolute atomic E-state index is 13.6. The summed E-state index contributed by atoms with van der Waals surface area (Å²) in [4.78, 5) is 0. The second kappa shape index (κ2) is 5.93. The molecule has 0 amide bonds. The summed E-state index contributed by atoms with van der Waals surface area (Å²) in [5.74, 6) is -0.529. The van der Waals surface area contributed by atoms with Crippen LogP contribution >= 0.6 is 0 Å². The largest absolute Gasteiger partial charge is 0.330 e. The highest BCUT2D eigenvalue weighted by molar-refractivity contribution is 5.32. The molecule has 1 atom stereocenters. The van der Waals surface area contributed by atoms with Gasteiger partial charge in [-0.3, -0.25) is 0 Å². The molecular weight excluding hydrogens is 244 g/mol. The minimum atomic E-state index is -0.414. The predicted molar refractivity (Wildman–Crippen MR) is 73.1 cm³/mol. The fourth-order valence-electron chi connectivity index (χ4n) is 2.04. The van der Waals surface area contributed by atoms with Crippen LogP contribution in [0.5, 0.6) is 0 Å². The fraction of sp³-hybridized carbons (Fsp3) is 0.250. The maximum Gasteiger partial charge on any atom is 0.126 e. The van der Waals surface area contributed by atoms with Crippen LogP contribution in [-0.2, 0) is 6.42 Å². The first-order valence-electron chi connectivity index (χ1n) is 6.33. The van der Waals surface area contributed by atoms with Crippen molar-refractivity contribution in [3.05, 3.63) is 70.8 Å². The van der Waals surface area contributed by atoms with Crippen molar-refractivity contribution in [2.75, 3.05) is 6.54 Å². The molecule has 0 saturated carbocycles. The van der Waals surface area contributed by atoms with Gasteiger partial charge in [0.15, 0.2) is 0 Å². The minimum absolute atomic E-state index is 0.261. The Kier molecular flexibility index (Phi) is 4.27. The Hall–Kier alpha value is -1.74. The fourth-order valence-corrected chi connectivity index (χ4v) is 2.04. The van der Waals surface area contributed by atoms with E-state index in [0.29, 0.717) is 18.5 Å². The minimum Gasteiger partial charge on any atom is -0.330 e. The zero-order valence-corrected chi connectivity index (χ0v) is 10.9. The molecule has 0 heterocycles. The lowest BCUT2D eigenvalue weighted by atomic mass is 9.96. The average Bonchev–Trinajstić information content (AvgIpc) is 2.42. The van der Waals surface area contributed by atoms with Crippen molar-refractivity contribution in [1.29, 1.82) is 0 Å². The number of hydrogen-bond acceptors (Lipinski definition) is 1. The number of nitrogens with two attached hydrogens (primary N) is 1. The maximum atomic E-state index is 13.6. The average molecular weight is 261 g/mol. The van der Waals surface area contributed by atoms with Crippen LogP contribution in [0.4, 0.5) is 8.78 Å². The van der Waals surface area contributed by atoms with E-state index in [0.717, 1.165) is 23.3 Å². The van der Waals surface area contributed by atoms with Crippen molar-refractivity contribution in [3.8, 4) is 0 Å². The lowest BCUT2D eigenvalue weighted by Crippen LogP contribution is -2.09. The molecule has 2 aromatic rings. The molecule has 2 N–H and O–H groups in total. The monoisotopic (exact) mass is 261 g/mol. The third kappa shape index (κ3) is 3.38. The summed E-state index contributed by atoms with van der Waals surface area (Å²) in [6.45, 7) is 2.61. The summed E-state index contributed by atoms with van der Waals surface area (Å²) in [5.41, 5.74) is 8.10. The van der Waals surface area contributed by atoms with Crippen molar-refractivity contribution in [1.82, 2.24) is 0 Å². The van der Waals surface area contributed by atoms with Gasteiger partial charge in [-0.1, -0.05) is 31.2 Å². The van der Waals surface area contributed by atoms with E-state index in [9.17, 15) is 8.78 Å².